The third-order valence-corrected chi connectivity index (χ3v) is 1.57. The van der Waals surface area contributed by atoms with E-state index in [0.717, 1.165) is 0 Å². The second-order valence-corrected chi connectivity index (χ2v) is 2.59. The molecule has 0 fully saturated rings. The van der Waals surface area contributed by atoms with Crippen LogP contribution < -0.4 is 11.0 Å². The van der Waals surface area contributed by atoms with Gasteiger partial charge in [0.05, 0.1) is 0 Å². The van der Waals surface area contributed by atoms with Gasteiger partial charge in [-0.3, -0.25) is 20.0 Å². The maximum atomic E-state index is 10.7. The Morgan fingerprint density at radius 1 is 0.929 bits per heavy atom. The van der Waals surface area contributed by atoms with Crippen molar-refractivity contribution in [3.05, 3.63) is 24.3 Å². The minimum atomic E-state index is -0.706. The molecular formula is C8H12N2O4. The lowest BCUT2D eigenvalue weighted by atomic mass is 10.1. The van der Waals surface area contributed by atoms with E-state index >= 15 is 0 Å². The van der Waals surface area contributed by atoms with Crippen molar-refractivity contribution >= 4 is 11.8 Å². The van der Waals surface area contributed by atoms with Crippen LogP contribution in [0.5, 0.6) is 0 Å². The van der Waals surface area contributed by atoms with Crippen LogP contribution in [0.4, 0.5) is 0 Å². The van der Waals surface area contributed by atoms with Crippen LogP contribution in [0.2, 0.25) is 0 Å². The number of nitrogens with one attached hydrogen (secondary N) is 2. The van der Waals surface area contributed by atoms with E-state index < -0.39 is 11.8 Å². The summed E-state index contributed by atoms with van der Waals surface area (Å²) in [6, 6.07) is 0. The maximum Gasteiger partial charge on any atom is 0.269 e. The van der Waals surface area contributed by atoms with Crippen LogP contribution in [0.3, 0.4) is 0 Å². The highest BCUT2D eigenvalue weighted by Gasteiger charge is 2.09. The topological polar surface area (TPSA) is 98.7 Å². The molecular weight excluding hydrogens is 188 g/mol. The second-order valence-electron chi connectivity index (χ2n) is 2.59. The maximum absolute atomic E-state index is 10.7. The first-order valence-electron chi connectivity index (χ1n) is 3.77. The normalized spacial score (nSPS) is 9.00. The molecule has 0 aromatic rings. The van der Waals surface area contributed by atoms with Crippen molar-refractivity contribution in [1.82, 2.24) is 11.0 Å². The molecule has 0 aromatic carbocycles. The molecule has 0 heterocycles. The molecule has 0 unspecified atom stereocenters. The van der Waals surface area contributed by atoms with Gasteiger partial charge in [-0.1, -0.05) is 13.2 Å². The number of hydrogen-bond acceptors (Lipinski definition) is 4. The Morgan fingerprint density at radius 2 is 1.21 bits per heavy atom. The van der Waals surface area contributed by atoms with E-state index in [-0.39, 0.29) is 24.0 Å². The molecule has 78 valence electrons. The highest BCUT2D eigenvalue weighted by atomic mass is 16.5. The minimum absolute atomic E-state index is 0.124. The van der Waals surface area contributed by atoms with Crippen molar-refractivity contribution in [3.8, 4) is 0 Å². The molecule has 2 amide bonds. The second kappa shape index (κ2) is 5.90. The van der Waals surface area contributed by atoms with Gasteiger partial charge in [-0.25, -0.2) is 11.0 Å². The molecule has 0 spiro atoms. The lowest BCUT2D eigenvalue weighted by Gasteiger charge is -2.04. The fourth-order valence-electron chi connectivity index (χ4n) is 0.687. The average molecular weight is 200 g/mol. The van der Waals surface area contributed by atoms with Crippen LogP contribution in [0.25, 0.3) is 0 Å². The number of carbonyl (C=O) groups excluding carboxylic acids is 2. The molecule has 0 atom stereocenters. The summed E-state index contributed by atoms with van der Waals surface area (Å²) in [5.74, 6) is -1.41. The van der Waals surface area contributed by atoms with Crippen LogP contribution in [-0.4, -0.2) is 22.2 Å². The standard InChI is InChI=1S/C8H12N2O4/c1-5(7(11)9-13)3-4-6(2)8(12)10-14/h13-14H,1-4H2,(H,9,11)(H,10,12). The van der Waals surface area contributed by atoms with Crippen LogP contribution in [0.1, 0.15) is 12.8 Å². The molecule has 0 aromatic heterocycles. The Bertz CT molecular complexity index is 245. The number of hydroxylamine groups is 2. The van der Waals surface area contributed by atoms with E-state index in [9.17, 15) is 9.59 Å². The Morgan fingerprint density at radius 3 is 1.43 bits per heavy atom. The third-order valence-electron chi connectivity index (χ3n) is 1.57. The molecule has 4 N–H and O–H groups in total. The van der Waals surface area contributed by atoms with E-state index in [2.05, 4.69) is 13.2 Å². The summed E-state index contributed by atoms with van der Waals surface area (Å²) >= 11 is 0. The smallest absolute Gasteiger partial charge is 0.269 e. The van der Waals surface area contributed by atoms with Crippen molar-refractivity contribution in [1.29, 1.82) is 0 Å². The first-order chi connectivity index (χ1) is 6.52. The number of rotatable bonds is 5. The molecule has 0 aliphatic heterocycles. The summed E-state index contributed by atoms with van der Waals surface area (Å²) in [7, 11) is 0. The number of carbonyl (C=O) groups is 2. The van der Waals surface area contributed by atoms with Gasteiger partial charge in [0.15, 0.2) is 0 Å². The lowest BCUT2D eigenvalue weighted by molar-refractivity contribution is -0.126. The van der Waals surface area contributed by atoms with Gasteiger partial charge in [0.1, 0.15) is 0 Å². The average Bonchev–Trinajstić information content (AvgIpc) is 2.22. The Balaban J connectivity index is 3.95. The van der Waals surface area contributed by atoms with Gasteiger partial charge in [0, 0.05) is 11.1 Å². The van der Waals surface area contributed by atoms with Crippen molar-refractivity contribution in [3.63, 3.8) is 0 Å². The Labute approximate surface area is 80.8 Å². The summed E-state index contributed by atoms with van der Waals surface area (Å²) in [4.78, 5) is 21.4. The molecule has 6 heteroatoms. The van der Waals surface area contributed by atoms with Gasteiger partial charge in [0.2, 0.25) is 0 Å². The number of amides is 2. The van der Waals surface area contributed by atoms with Gasteiger partial charge < -0.3 is 0 Å². The van der Waals surface area contributed by atoms with Crippen molar-refractivity contribution < 1.29 is 20.0 Å². The zero-order valence-electron chi connectivity index (χ0n) is 7.54. The minimum Gasteiger partial charge on any atom is -0.288 e. The summed E-state index contributed by atoms with van der Waals surface area (Å²) in [6.07, 6.45) is 0.358. The molecule has 0 aliphatic rings. The fraction of sp³-hybridized carbons (Fsp3) is 0.250. The van der Waals surface area contributed by atoms with Crippen LogP contribution in [0.15, 0.2) is 24.3 Å². The van der Waals surface area contributed by atoms with Crippen molar-refractivity contribution in [2.24, 2.45) is 0 Å². The van der Waals surface area contributed by atoms with Crippen LogP contribution in [0, 0.1) is 0 Å². The summed E-state index contributed by atoms with van der Waals surface area (Å²) in [5.41, 5.74) is 3.08. The first-order valence-corrected chi connectivity index (χ1v) is 3.77. The third kappa shape index (κ3) is 3.83. The fourth-order valence-corrected chi connectivity index (χ4v) is 0.687. The Hall–Kier alpha value is -1.66. The van der Waals surface area contributed by atoms with Crippen LogP contribution in [-0.2, 0) is 9.59 Å². The van der Waals surface area contributed by atoms with Gasteiger partial charge in [-0.05, 0) is 12.8 Å². The highest BCUT2D eigenvalue weighted by Crippen LogP contribution is 2.08. The van der Waals surface area contributed by atoms with E-state index in [0.29, 0.717) is 0 Å². The van der Waals surface area contributed by atoms with E-state index in [1.165, 1.54) is 11.0 Å². The predicted molar refractivity (Wildman–Crippen MR) is 47.4 cm³/mol. The van der Waals surface area contributed by atoms with E-state index in [1.807, 2.05) is 0 Å². The first kappa shape index (κ1) is 12.3. The molecule has 0 aliphatic carbocycles. The largest absolute Gasteiger partial charge is 0.288 e. The monoisotopic (exact) mass is 200 g/mol. The summed E-state index contributed by atoms with van der Waals surface area (Å²) < 4.78 is 0. The molecule has 0 rings (SSSR count). The van der Waals surface area contributed by atoms with Crippen LogP contribution >= 0.6 is 0 Å². The SMILES string of the molecule is C=C(CCC(=C)C(=O)NO)C(=O)NO. The van der Waals surface area contributed by atoms with Gasteiger partial charge in [-0.15, -0.1) is 0 Å². The Kier molecular flexibility index (Phi) is 5.20. The molecule has 0 bridgehead atoms. The predicted octanol–water partition coefficient (Wildman–Crippen LogP) is -0.110. The number of hydrogen-bond donors (Lipinski definition) is 4. The van der Waals surface area contributed by atoms with Crippen molar-refractivity contribution in [2.75, 3.05) is 0 Å². The lowest BCUT2D eigenvalue weighted by Crippen LogP contribution is -2.22. The van der Waals surface area contributed by atoms with Crippen molar-refractivity contribution in [2.45, 2.75) is 12.8 Å². The van der Waals surface area contributed by atoms with E-state index in [4.69, 9.17) is 10.4 Å². The van der Waals surface area contributed by atoms with Gasteiger partial charge in [-0.2, -0.15) is 0 Å². The molecule has 14 heavy (non-hydrogen) atoms. The quantitative estimate of drug-likeness (QED) is 0.282. The summed E-state index contributed by atoms with van der Waals surface area (Å²) in [5, 5.41) is 16.4. The van der Waals surface area contributed by atoms with Gasteiger partial charge in [0.25, 0.3) is 11.8 Å². The molecule has 0 saturated heterocycles. The summed E-state index contributed by atoms with van der Waals surface area (Å²) in [6.45, 7) is 6.75. The molecule has 0 saturated carbocycles. The molecule has 6 nitrogen and oxygen atoms in total. The highest BCUT2D eigenvalue weighted by molar-refractivity contribution is 5.93. The van der Waals surface area contributed by atoms with Gasteiger partial charge >= 0.3 is 0 Å². The molecule has 0 radical (unpaired) electrons. The zero-order chi connectivity index (χ0) is 11.1. The zero-order valence-corrected chi connectivity index (χ0v) is 7.54. The van der Waals surface area contributed by atoms with E-state index in [1.54, 1.807) is 0 Å².